The van der Waals surface area contributed by atoms with Crippen LogP contribution >= 0.6 is 0 Å². The Morgan fingerprint density at radius 3 is 2.19 bits per heavy atom. The van der Waals surface area contributed by atoms with Crippen LogP contribution in [0.15, 0.2) is 57.9 Å². The van der Waals surface area contributed by atoms with E-state index in [0.717, 1.165) is 4.68 Å². The molecule has 0 spiro atoms. The fourth-order valence-corrected chi connectivity index (χ4v) is 2.63. The molecule has 0 aliphatic rings. The van der Waals surface area contributed by atoms with Gasteiger partial charge in [0, 0.05) is 18.2 Å². The molecular weight excluding hydrogens is 432 g/mol. The van der Waals surface area contributed by atoms with Crippen LogP contribution in [0.4, 0.5) is 26.3 Å². The molecule has 0 saturated carbocycles. The Kier molecular flexibility index (Phi) is 5.91. The number of benzene rings is 1. The molecule has 0 saturated heterocycles. The predicted molar refractivity (Wildman–Crippen MR) is 95.0 cm³/mol. The van der Waals surface area contributed by atoms with E-state index in [-0.39, 0.29) is 19.2 Å². The lowest BCUT2D eigenvalue weighted by Gasteiger charge is -2.14. The van der Waals surface area contributed by atoms with Crippen LogP contribution < -0.4 is 10.9 Å². The number of carbonyl (C=O) groups is 1. The molecule has 0 fully saturated rings. The lowest BCUT2D eigenvalue weighted by molar-refractivity contribution is -0.143. The third-order valence-corrected chi connectivity index (χ3v) is 4.10. The smallest absolute Gasteiger partial charge is 0.416 e. The number of alkyl halides is 6. The number of carbonyl (C=O) groups excluding carboxylic acids is 1. The summed E-state index contributed by atoms with van der Waals surface area (Å²) >= 11 is 0. The van der Waals surface area contributed by atoms with Gasteiger partial charge in [0.2, 0.25) is 0 Å². The Labute approximate surface area is 170 Å². The van der Waals surface area contributed by atoms with E-state index >= 15 is 0 Å². The number of hydrogen-bond donors (Lipinski definition) is 1. The van der Waals surface area contributed by atoms with Gasteiger partial charge < -0.3 is 9.73 Å². The third kappa shape index (κ3) is 5.32. The van der Waals surface area contributed by atoms with Gasteiger partial charge >= 0.3 is 12.4 Å². The van der Waals surface area contributed by atoms with Crippen molar-refractivity contribution in [3.63, 3.8) is 0 Å². The molecular formula is C19H13F6N3O3. The molecule has 0 unspecified atom stereocenters. The third-order valence-electron chi connectivity index (χ3n) is 4.10. The average Bonchev–Trinajstić information content (AvgIpc) is 3.22. The van der Waals surface area contributed by atoms with Crippen molar-refractivity contribution in [2.24, 2.45) is 0 Å². The van der Waals surface area contributed by atoms with Gasteiger partial charge in [-0.25, -0.2) is 4.68 Å². The first-order valence-electron chi connectivity index (χ1n) is 8.65. The number of halogens is 6. The van der Waals surface area contributed by atoms with Crippen molar-refractivity contribution < 1.29 is 35.6 Å². The molecule has 2 heterocycles. The first-order chi connectivity index (χ1) is 14.4. The number of amides is 1. The minimum atomic E-state index is -5.07. The van der Waals surface area contributed by atoms with Gasteiger partial charge in [0.15, 0.2) is 5.76 Å². The van der Waals surface area contributed by atoms with Gasteiger partial charge in [0.1, 0.15) is 5.69 Å². The summed E-state index contributed by atoms with van der Waals surface area (Å²) in [4.78, 5) is 24.1. The summed E-state index contributed by atoms with van der Waals surface area (Å²) in [5.74, 6) is -0.784. The van der Waals surface area contributed by atoms with Crippen LogP contribution in [-0.2, 0) is 18.9 Å². The normalized spacial score (nSPS) is 12.1. The van der Waals surface area contributed by atoms with Crippen LogP contribution in [0.3, 0.4) is 0 Å². The summed E-state index contributed by atoms with van der Waals surface area (Å²) in [5, 5.41) is 6.23. The molecule has 12 heteroatoms. The van der Waals surface area contributed by atoms with Crippen molar-refractivity contribution in [3.05, 3.63) is 75.8 Å². The highest BCUT2D eigenvalue weighted by Gasteiger charge is 2.37. The van der Waals surface area contributed by atoms with Crippen LogP contribution in [0.2, 0.25) is 0 Å². The summed E-state index contributed by atoms with van der Waals surface area (Å²) in [6.45, 7) is -0.449. The molecule has 1 aromatic carbocycles. The second-order valence-corrected chi connectivity index (χ2v) is 6.31. The van der Waals surface area contributed by atoms with Crippen molar-refractivity contribution in [3.8, 4) is 11.5 Å². The van der Waals surface area contributed by atoms with E-state index in [2.05, 4.69) is 10.4 Å². The number of furan rings is 1. The minimum absolute atomic E-state index is 0.0691. The maximum absolute atomic E-state index is 12.9. The Morgan fingerprint density at radius 2 is 1.65 bits per heavy atom. The van der Waals surface area contributed by atoms with Crippen LogP contribution in [0.1, 0.15) is 21.5 Å². The summed E-state index contributed by atoms with van der Waals surface area (Å²) in [7, 11) is 0. The Balaban J connectivity index is 1.76. The summed E-state index contributed by atoms with van der Waals surface area (Å²) in [6.07, 6.45) is -8.74. The number of nitrogens with one attached hydrogen (secondary N) is 1. The number of aromatic nitrogens is 2. The number of hydrogen-bond acceptors (Lipinski definition) is 4. The maximum Gasteiger partial charge on any atom is 0.416 e. The SMILES string of the molecule is O=C(NCCn1nc(-c2ccco2)ccc1=O)c1cc(C(F)(F)F)cc(C(F)(F)F)c1. The maximum atomic E-state index is 12.9. The van der Waals surface area contributed by atoms with Crippen molar-refractivity contribution >= 4 is 5.91 Å². The molecule has 0 bridgehead atoms. The fraction of sp³-hybridized carbons (Fsp3) is 0.211. The molecule has 3 rings (SSSR count). The summed E-state index contributed by atoms with van der Waals surface area (Å²) in [6, 6.07) is 6.41. The highest BCUT2D eigenvalue weighted by Crippen LogP contribution is 2.36. The average molecular weight is 445 g/mol. The zero-order valence-electron chi connectivity index (χ0n) is 15.4. The van der Waals surface area contributed by atoms with Crippen LogP contribution in [0.5, 0.6) is 0 Å². The Bertz CT molecular complexity index is 1100. The second kappa shape index (κ2) is 8.28. The molecule has 164 valence electrons. The molecule has 6 nitrogen and oxygen atoms in total. The predicted octanol–water partition coefficient (Wildman–Crippen LogP) is 3.97. The summed E-state index contributed by atoms with van der Waals surface area (Å²) < 4.78 is 83.6. The van der Waals surface area contributed by atoms with Crippen molar-refractivity contribution in [1.29, 1.82) is 0 Å². The monoisotopic (exact) mass is 445 g/mol. The molecule has 0 aliphatic carbocycles. The molecule has 3 aromatic rings. The van der Waals surface area contributed by atoms with E-state index in [0.29, 0.717) is 23.6 Å². The van der Waals surface area contributed by atoms with Crippen LogP contribution in [0, 0.1) is 0 Å². The fourth-order valence-electron chi connectivity index (χ4n) is 2.63. The van der Waals surface area contributed by atoms with E-state index in [1.54, 1.807) is 12.1 Å². The zero-order chi connectivity index (χ0) is 22.8. The van der Waals surface area contributed by atoms with Gasteiger partial charge in [0.05, 0.1) is 23.9 Å². The highest BCUT2D eigenvalue weighted by atomic mass is 19.4. The Hall–Kier alpha value is -3.57. The van der Waals surface area contributed by atoms with Gasteiger partial charge in [-0.15, -0.1) is 0 Å². The van der Waals surface area contributed by atoms with E-state index in [1.807, 2.05) is 0 Å². The molecule has 31 heavy (non-hydrogen) atoms. The first kappa shape index (κ1) is 22.1. The topological polar surface area (TPSA) is 77.1 Å². The van der Waals surface area contributed by atoms with Crippen molar-refractivity contribution in [2.75, 3.05) is 6.54 Å². The molecule has 0 radical (unpaired) electrons. The van der Waals surface area contributed by atoms with Gasteiger partial charge in [0.25, 0.3) is 11.5 Å². The molecule has 0 aliphatic heterocycles. The van der Waals surface area contributed by atoms with Gasteiger partial charge in [-0.1, -0.05) is 0 Å². The molecule has 1 N–H and O–H groups in total. The van der Waals surface area contributed by atoms with E-state index in [9.17, 15) is 35.9 Å². The quantitative estimate of drug-likeness (QED) is 0.603. The van der Waals surface area contributed by atoms with Crippen molar-refractivity contribution in [1.82, 2.24) is 15.1 Å². The highest BCUT2D eigenvalue weighted by molar-refractivity contribution is 5.94. The first-order valence-corrected chi connectivity index (χ1v) is 8.65. The molecule has 1 amide bonds. The number of nitrogens with zero attached hydrogens (tertiary/aromatic N) is 2. The lowest BCUT2D eigenvalue weighted by Crippen LogP contribution is -2.32. The van der Waals surface area contributed by atoms with E-state index in [4.69, 9.17) is 4.42 Å². The lowest BCUT2D eigenvalue weighted by atomic mass is 10.0. The molecule has 2 aromatic heterocycles. The van der Waals surface area contributed by atoms with Gasteiger partial charge in [-0.05, 0) is 36.4 Å². The van der Waals surface area contributed by atoms with E-state index in [1.165, 1.54) is 18.4 Å². The van der Waals surface area contributed by atoms with Gasteiger partial charge in [-0.2, -0.15) is 31.4 Å². The molecule has 0 atom stereocenters. The van der Waals surface area contributed by atoms with Crippen LogP contribution in [-0.4, -0.2) is 22.2 Å². The zero-order valence-corrected chi connectivity index (χ0v) is 15.4. The van der Waals surface area contributed by atoms with Crippen LogP contribution in [0.25, 0.3) is 11.5 Å². The second-order valence-electron chi connectivity index (χ2n) is 6.31. The Morgan fingerprint density at radius 1 is 1.00 bits per heavy atom. The summed E-state index contributed by atoms with van der Waals surface area (Å²) in [5.41, 5.74) is -4.22. The van der Waals surface area contributed by atoms with E-state index < -0.39 is 40.5 Å². The van der Waals surface area contributed by atoms with Crippen molar-refractivity contribution in [2.45, 2.75) is 18.9 Å². The standard InChI is InChI=1S/C19H13F6N3O3/c20-18(21,22)12-8-11(9-13(10-12)19(23,24)25)17(30)26-5-6-28-16(29)4-3-14(27-28)15-2-1-7-31-15/h1-4,7-10H,5-6H2,(H,26,30). The minimum Gasteiger partial charge on any atom is -0.463 e. The largest absolute Gasteiger partial charge is 0.463 e. The van der Waals surface area contributed by atoms with Gasteiger partial charge in [-0.3, -0.25) is 9.59 Å². The number of rotatable bonds is 5.